The van der Waals surface area contributed by atoms with Crippen LogP contribution in [0.4, 0.5) is 13.2 Å². The van der Waals surface area contributed by atoms with Gasteiger partial charge in [-0.15, -0.1) is 0 Å². The lowest BCUT2D eigenvalue weighted by Gasteiger charge is -2.01. The molecule has 0 saturated carbocycles. The minimum Gasteiger partial charge on any atom is -0.244 e. The van der Waals surface area contributed by atoms with E-state index in [0.717, 1.165) is 0 Å². The van der Waals surface area contributed by atoms with Crippen LogP contribution in [0.15, 0.2) is 11.0 Å². The third-order valence-electron chi connectivity index (χ3n) is 0.867. The quantitative estimate of drug-likeness (QED) is 0.596. The van der Waals surface area contributed by atoms with E-state index in [-0.39, 0.29) is 0 Å². The summed E-state index contributed by atoms with van der Waals surface area (Å²) in [5, 5.41) is 4.29. The van der Waals surface area contributed by atoms with Gasteiger partial charge in [-0.25, -0.2) is 9.89 Å². The molecule has 1 heterocycles. The number of nitrogens with one attached hydrogen (secondary N) is 1. The van der Waals surface area contributed by atoms with Gasteiger partial charge in [0.15, 0.2) is 5.69 Å². The van der Waals surface area contributed by atoms with Gasteiger partial charge in [0.05, 0.1) is 6.20 Å². The second-order valence-electron chi connectivity index (χ2n) is 1.67. The summed E-state index contributed by atoms with van der Waals surface area (Å²) in [5.74, 6) is 0. The molecule has 0 saturated heterocycles. The molecule has 11 heavy (non-hydrogen) atoms. The van der Waals surface area contributed by atoms with Crippen molar-refractivity contribution in [1.29, 1.82) is 0 Å². The number of H-pyrrole nitrogens is 1. The van der Waals surface area contributed by atoms with Crippen LogP contribution >= 0.6 is 0 Å². The molecule has 0 radical (unpaired) electrons. The number of aromatic amines is 1. The summed E-state index contributed by atoms with van der Waals surface area (Å²) in [7, 11) is 0. The normalized spacial score (nSPS) is 11.5. The number of hydrogen-bond donors (Lipinski definition) is 1. The average molecular weight is 165 g/mol. The summed E-state index contributed by atoms with van der Waals surface area (Å²) in [6.07, 6.45) is -4.18. The monoisotopic (exact) mass is 165 g/mol. The van der Waals surface area contributed by atoms with E-state index >= 15 is 0 Å². The zero-order chi connectivity index (χ0) is 8.48. The minimum atomic E-state index is -4.56. The van der Waals surface area contributed by atoms with E-state index in [1.165, 1.54) is 0 Å². The molecule has 0 aliphatic rings. The van der Waals surface area contributed by atoms with Crippen molar-refractivity contribution in [3.05, 3.63) is 22.4 Å². The van der Waals surface area contributed by atoms with Gasteiger partial charge in [0.1, 0.15) is 0 Å². The Kier molecular flexibility index (Phi) is 1.63. The largest absolute Gasteiger partial charge is 0.436 e. The van der Waals surface area contributed by atoms with Crippen LogP contribution in [-0.2, 0) is 6.18 Å². The molecule has 1 N–H and O–H groups in total. The van der Waals surface area contributed by atoms with Crippen LogP contribution in [0, 0.1) is 0 Å². The Labute approximate surface area is 58.1 Å². The summed E-state index contributed by atoms with van der Waals surface area (Å²) in [6, 6.07) is 0. The Balaban J connectivity index is 3.09. The highest BCUT2D eigenvalue weighted by Crippen LogP contribution is 2.25. The average Bonchev–Trinajstić information content (AvgIpc) is 1.86. The van der Waals surface area contributed by atoms with Crippen LogP contribution in [0.1, 0.15) is 5.69 Å². The number of aromatic nitrogens is 3. The van der Waals surface area contributed by atoms with E-state index < -0.39 is 17.6 Å². The first-order chi connectivity index (χ1) is 5.00. The first-order valence-corrected chi connectivity index (χ1v) is 2.49. The van der Waals surface area contributed by atoms with Crippen molar-refractivity contribution in [2.24, 2.45) is 0 Å². The molecule has 60 valence electrons. The summed E-state index contributed by atoms with van der Waals surface area (Å²) < 4.78 is 35.1. The predicted octanol–water partition coefficient (Wildman–Crippen LogP) is 0.184. The number of rotatable bonds is 0. The SMILES string of the molecule is O=c1ncc(C(F)(F)F)n[nH]1. The van der Waals surface area contributed by atoms with Gasteiger partial charge >= 0.3 is 11.9 Å². The first-order valence-electron chi connectivity index (χ1n) is 2.49. The van der Waals surface area contributed by atoms with Gasteiger partial charge in [-0.1, -0.05) is 0 Å². The lowest BCUT2D eigenvalue weighted by Crippen LogP contribution is -2.17. The molecule has 1 aromatic rings. The molecule has 0 spiro atoms. The van der Waals surface area contributed by atoms with E-state index in [1.807, 2.05) is 0 Å². The summed E-state index contributed by atoms with van der Waals surface area (Å²) in [5.41, 5.74) is -2.12. The van der Waals surface area contributed by atoms with E-state index in [0.29, 0.717) is 6.20 Å². The van der Waals surface area contributed by atoms with Crippen LogP contribution in [0.5, 0.6) is 0 Å². The molecule has 4 nitrogen and oxygen atoms in total. The van der Waals surface area contributed by atoms with Crippen molar-refractivity contribution in [2.75, 3.05) is 0 Å². The second-order valence-corrected chi connectivity index (χ2v) is 1.67. The van der Waals surface area contributed by atoms with Gasteiger partial charge < -0.3 is 0 Å². The zero-order valence-electron chi connectivity index (χ0n) is 5.01. The maximum atomic E-state index is 11.7. The van der Waals surface area contributed by atoms with Gasteiger partial charge in [0, 0.05) is 0 Å². The van der Waals surface area contributed by atoms with Gasteiger partial charge in [0.25, 0.3) is 0 Å². The fraction of sp³-hybridized carbons (Fsp3) is 0.250. The zero-order valence-corrected chi connectivity index (χ0v) is 5.01. The highest BCUT2D eigenvalue weighted by molar-refractivity contribution is 4.95. The first kappa shape index (κ1) is 7.70. The van der Waals surface area contributed by atoms with E-state index in [1.54, 1.807) is 5.10 Å². The smallest absolute Gasteiger partial charge is 0.244 e. The molecule has 0 unspecified atom stereocenters. The van der Waals surface area contributed by atoms with E-state index in [9.17, 15) is 18.0 Å². The van der Waals surface area contributed by atoms with E-state index in [4.69, 9.17) is 0 Å². The lowest BCUT2D eigenvalue weighted by atomic mass is 10.5. The Hall–Kier alpha value is -1.40. The number of hydrogen-bond acceptors (Lipinski definition) is 3. The van der Waals surface area contributed by atoms with Gasteiger partial charge in [-0.3, -0.25) is 0 Å². The molecule has 0 aliphatic heterocycles. The molecule has 0 bridgehead atoms. The van der Waals surface area contributed by atoms with Crippen molar-refractivity contribution < 1.29 is 13.2 Å². The van der Waals surface area contributed by atoms with Crippen molar-refractivity contribution in [3.63, 3.8) is 0 Å². The Morgan fingerprint density at radius 3 is 2.45 bits per heavy atom. The van der Waals surface area contributed by atoms with Gasteiger partial charge in [0.2, 0.25) is 0 Å². The second kappa shape index (κ2) is 2.33. The minimum absolute atomic E-state index is 0.374. The topological polar surface area (TPSA) is 58.6 Å². The third-order valence-corrected chi connectivity index (χ3v) is 0.867. The molecular weight excluding hydrogens is 163 g/mol. The molecule has 0 aromatic carbocycles. The van der Waals surface area contributed by atoms with Crippen LogP contribution in [0.3, 0.4) is 0 Å². The molecule has 0 atom stereocenters. The molecule has 0 aliphatic carbocycles. The van der Waals surface area contributed by atoms with Gasteiger partial charge in [-0.05, 0) is 0 Å². The molecule has 7 heteroatoms. The maximum Gasteiger partial charge on any atom is 0.436 e. The Bertz CT molecular complexity index is 284. The van der Waals surface area contributed by atoms with Crippen molar-refractivity contribution in [1.82, 2.24) is 15.2 Å². The number of halogens is 3. The Morgan fingerprint density at radius 2 is 2.09 bits per heavy atom. The van der Waals surface area contributed by atoms with Gasteiger partial charge in [-0.2, -0.15) is 23.3 Å². The highest BCUT2D eigenvalue weighted by atomic mass is 19.4. The van der Waals surface area contributed by atoms with Crippen LogP contribution < -0.4 is 5.69 Å². The van der Waals surface area contributed by atoms with Crippen molar-refractivity contribution >= 4 is 0 Å². The molecular formula is C4H2F3N3O. The van der Waals surface area contributed by atoms with E-state index in [2.05, 4.69) is 10.1 Å². The summed E-state index contributed by atoms with van der Waals surface area (Å²) in [6.45, 7) is 0. The lowest BCUT2D eigenvalue weighted by molar-refractivity contribution is -0.142. The predicted molar refractivity (Wildman–Crippen MR) is 27.7 cm³/mol. The Morgan fingerprint density at radius 1 is 1.45 bits per heavy atom. The summed E-state index contributed by atoms with van der Waals surface area (Å²) in [4.78, 5) is 13.0. The molecule has 0 amide bonds. The fourth-order valence-electron chi connectivity index (χ4n) is 0.422. The molecule has 0 fully saturated rings. The van der Waals surface area contributed by atoms with Crippen molar-refractivity contribution in [2.45, 2.75) is 6.18 Å². The van der Waals surface area contributed by atoms with Crippen LogP contribution in [-0.4, -0.2) is 15.2 Å². The van der Waals surface area contributed by atoms with Crippen molar-refractivity contribution in [3.8, 4) is 0 Å². The van der Waals surface area contributed by atoms with Crippen LogP contribution in [0.25, 0.3) is 0 Å². The molecule has 1 rings (SSSR count). The maximum absolute atomic E-state index is 11.7. The number of alkyl halides is 3. The third kappa shape index (κ3) is 1.76. The highest BCUT2D eigenvalue weighted by Gasteiger charge is 2.33. The standard InChI is InChI=1S/C4H2F3N3O/c5-4(6,7)2-1-8-3(11)10-9-2/h1H,(H,8,10,11). The molecule has 1 aromatic heterocycles. The number of nitrogens with zero attached hydrogens (tertiary/aromatic N) is 2. The van der Waals surface area contributed by atoms with Crippen LogP contribution in [0.2, 0.25) is 0 Å². The summed E-state index contributed by atoms with van der Waals surface area (Å²) >= 11 is 0. The fourth-order valence-corrected chi connectivity index (χ4v) is 0.422.